The van der Waals surface area contributed by atoms with Gasteiger partial charge in [-0.3, -0.25) is 4.40 Å². The van der Waals surface area contributed by atoms with Crippen LogP contribution in [0.4, 0.5) is 0 Å². The normalized spacial score (nSPS) is 11.1. The molecule has 3 nitrogen and oxygen atoms in total. The first-order valence-corrected chi connectivity index (χ1v) is 6.56. The molecule has 16 heavy (non-hydrogen) atoms. The van der Waals surface area contributed by atoms with E-state index in [4.69, 9.17) is 0 Å². The van der Waals surface area contributed by atoms with E-state index in [1.807, 2.05) is 42.2 Å². The summed E-state index contributed by atoms with van der Waals surface area (Å²) in [6.45, 7) is 0.788. The van der Waals surface area contributed by atoms with Crippen molar-refractivity contribution in [2.24, 2.45) is 0 Å². The van der Waals surface area contributed by atoms with Gasteiger partial charge in [-0.05, 0) is 15.9 Å². The second-order valence-corrected chi connectivity index (χ2v) is 5.08. The van der Waals surface area contributed by atoms with Gasteiger partial charge < -0.3 is 0 Å². The van der Waals surface area contributed by atoms with Crippen LogP contribution in [0.25, 0.3) is 4.96 Å². The number of aromatic nitrogens is 3. The predicted octanol–water partition coefficient (Wildman–Crippen LogP) is 2.49. The van der Waals surface area contributed by atoms with Crippen LogP contribution in [0.3, 0.4) is 0 Å². The molecule has 0 spiro atoms. The third kappa shape index (κ3) is 1.66. The van der Waals surface area contributed by atoms with Crippen LogP contribution in [0.5, 0.6) is 0 Å². The number of pyridine rings is 1. The van der Waals surface area contributed by atoms with Crippen molar-refractivity contribution in [3.8, 4) is 0 Å². The van der Waals surface area contributed by atoms with Crippen molar-refractivity contribution < 1.29 is 4.57 Å². The van der Waals surface area contributed by atoms with Crippen LogP contribution in [0, 0.1) is 0 Å². The molecule has 80 valence electrons. The summed E-state index contributed by atoms with van der Waals surface area (Å²) < 4.78 is 5.21. The Morgan fingerprint density at radius 1 is 1.31 bits per heavy atom. The lowest BCUT2D eigenvalue weighted by molar-refractivity contribution is -0.688. The molecule has 0 N–H and O–H groups in total. The maximum Gasteiger partial charge on any atom is 0.195 e. The molecule has 3 aromatic rings. The van der Waals surface area contributed by atoms with Gasteiger partial charge in [0.2, 0.25) is 0 Å². The van der Waals surface area contributed by atoms with Crippen molar-refractivity contribution in [3.05, 3.63) is 52.5 Å². The lowest BCUT2D eigenvalue weighted by Gasteiger charge is -1.93. The highest BCUT2D eigenvalue weighted by atomic mass is 79.9. The van der Waals surface area contributed by atoms with Crippen molar-refractivity contribution in [2.75, 3.05) is 0 Å². The van der Waals surface area contributed by atoms with Crippen molar-refractivity contribution in [1.29, 1.82) is 0 Å². The van der Waals surface area contributed by atoms with E-state index in [9.17, 15) is 0 Å². The standard InChI is InChI=1S/C11H9BrN3S/c12-10-9(8-14-4-2-1-3-5-14)13-11-15(10)6-7-16-11/h1-7H,8H2/q+1. The first-order valence-electron chi connectivity index (χ1n) is 4.88. The van der Waals surface area contributed by atoms with Crippen LogP contribution in [0.15, 0.2) is 46.8 Å². The summed E-state index contributed by atoms with van der Waals surface area (Å²) in [4.78, 5) is 5.61. The number of fused-ring (bicyclic) bond motifs is 1. The lowest BCUT2D eigenvalue weighted by atomic mass is 10.4. The summed E-state index contributed by atoms with van der Waals surface area (Å²) in [6, 6.07) is 6.05. The Morgan fingerprint density at radius 2 is 2.12 bits per heavy atom. The minimum Gasteiger partial charge on any atom is -0.284 e. The van der Waals surface area contributed by atoms with Crippen LogP contribution in [0.1, 0.15) is 5.69 Å². The Labute approximate surface area is 105 Å². The molecule has 0 aromatic carbocycles. The number of halogens is 1. The topological polar surface area (TPSA) is 21.2 Å². The fraction of sp³-hybridized carbons (Fsp3) is 0.0909. The highest BCUT2D eigenvalue weighted by molar-refractivity contribution is 9.10. The Balaban J connectivity index is 2.01. The fourth-order valence-corrected chi connectivity index (χ4v) is 2.97. The molecule has 0 fully saturated rings. The van der Waals surface area contributed by atoms with Gasteiger partial charge in [-0.15, -0.1) is 11.3 Å². The second kappa shape index (κ2) is 3.99. The maximum absolute atomic E-state index is 4.58. The third-order valence-corrected chi connectivity index (χ3v) is 3.98. The molecule has 0 aliphatic carbocycles. The van der Waals surface area contributed by atoms with Gasteiger partial charge in [0.05, 0.1) is 0 Å². The molecule has 0 atom stereocenters. The Morgan fingerprint density at radius 3 is 2.88 bits per heavy atom. The summed E-state index contributed by atoms with van der Waals surface area (Å²) in [5, 5.41) is 2.03. The van der Waals surface area contributed by atoms with E-state index in [-0.39, 0.29) is 0 Å². The van der Waals surface area contributed by atoms with E-state index in [1.165, 1.54) is 0 Å². The van der Waals surface area contributed by atoms with E-state index in [0.717, 1.165) is 21.8 Å². The first-order chi connectivity index (χ1) is 7.84. The largest absolute Gasteiger partial charge is 0.284 e. The number of hydrogen-bond acceptors (Lipinski definition) is 2. The fourth-order valence-electron chi connectivity index (χ4n) is 1.62. The summed E-state index contributed by atoms with van der Waals surface area (Å²) in [5.74, 6) is 0. The summed E-state index contributed by atoms with van der Waals surface area (Å²) in [5.41, 5.74) is 1.06. The highest BCUT2D eigenvalue weighted by Gasteiger charge is 2.13. The molecule has 0 unspecified atom stereocenters. The maximum atomic E-state index is 4.58. The number of nitrogens with zero attached hydrogens (tertiary/aromatic N) is 3. The number of hydrogen-bond donors (Lipinski definition) is 0. The predicted molar refractivity (Wildman–Crippen MR) is 66.5 cm³/mol. The SMILES string of the molecule is Brc1c(C[n+]2ccccc2)nc2sccn12. The summed E-state index contributed by atoms with van der Waals surface area (Å²) in [6.07, 6.45) is 6.11. The van der Waals surface area contributed by atoms with Gasteiger partial charge in [0, 0.05) is 23.7 Å². The molecular formula is C11H9BrN3S+. The zero-order chi connectivity index (χ0) is 11.0. The van der Waals surface area contributed by atoms with E-state index >= 15 is 0 Å². The third-order valence-electron chi connectivity index (χ3n) is 2.38. The first kappa shape index (κ1) is 9.99. The van der Waals surface area contributed by atoms with Gasteiger partial charge in [-0.2, -0.15) is 4.57 Å². The molecule has 3 heterocycles. The van der Waals surface area contributed by atoms with E-state index < -0.39 is 0 Å². The lowest BCUT2D eigenvalue weighted by Crippen LogP contribution is -2.33. The molecule has 3 aromatic heterocycles. The monoisotopic (exact) mass is 294 g/mol. The average molecular weight is 295 g/mol. The zero-order valence-electron chi connectivity index (χ0n) is 8.38. The van der Waals surface area contributed by atoms with E-state index in [1.54, 1.807) is 11.3 Å². The van der Waals surface area contributed by atoms with Crippen molar-refractivity contribution in [2.45, 2.75) is 6.54 Å². The van der Waals surface area contributed by atoms with E-state index in [0.29, 0.717) is 0 Å². The molecular weight excluding hydrogens is 286 g/mol. The van der Waals surface area contributed by atoms with Crippen molar-refractivity contribution in [3.63, 3.8) is 0 Å². The molecule has 0 saturated carbocycles. The Kier molecular flexibility index (Phi) is 2.49. The molecule has 0 aliphatic heterocycles. The van der Waals surface area contributed by atoms with Crippen LogP contribution in [-0.2, 0) is 6.54 Å². The molecule has 3 rings (SSSR count). The van der Waals surface area contributed by atoms with Gasteiger partial charge in [0.1, 0.15) is 10.3 Å². The molecule has 0 radical (unpaired) electrons. The van der Waals surface area contributed by atoms with Crippen molar-refractivity contribution >= 4 is 32.2 Å². The minimum atomic E-state index is 0.788. The molecule has 0 saturated heterocycles. The van der Waals surface area contributed by atoms with Gasteiger partial charge >= 0.3 is 0 Å². The summed E-state index contributed by atoms with van der Waals surface area (Å²) in [7, 11) is 0. The van der Waals surface area contributed by atoms with Gasteiger partial charge in [-0.25, -0.2) is 4.98 Å². The Hall–Kier alpha value is -1.20. The van der Waals surface area contributed by atoms with Crippen LogP contribution in [0.2, 0.25) is 0 Å². The molecule has 0 bridgehead atoms. The molecule has 5 heteroatoms. The van der Waals surface area contributed by atoms with Crippen LogP contribution >= 0.6 is 27.3 Å². The number of imidazole rings is 1. The second-order valence-electron chi connectivity index (χ2n) is 3.45. The van der Waals surface area contributed by atoms with E-state index in [2.05, 4.69) is 29.9 Å². The van der Waals surface area contributed by atoms with Crippen molar-refractivity contribution in [1.82, 2.24) is 9.38 Å². The van der Waals surface area contributed by atoms with Gasteiger partial charge in [-0.1, -0.05) is 6.07 Å². The Bertz CT molecular complexity index is 614. The van der Waals surface area contributed by atoms with Gasteiger partial charge in [0.25, 0.3) is 0 Å². The van der Waals surface area contributed by atoms with Gasteiger partial charge in [0.15, 0.2) is 23.9 Å². The zero-order valence-corrected chi connectivity index (χ0v) is 10.8. The smallest absolute Gasteiger partial charge is 0.195 e. The van der Waals surface area contributed by atoms with Crippen LogP contribution < -0.4 is 4.57 Å². The number of rotatable bonds is 2. The molecule has 0 aliphatic rings. The average Bonchev–Trinajstić information content (AvgIpc) is 2.86. The van der Waals surface area contributed by atoms with Crippen LogP contribution in [-0.4, -0.2) is 9.38 Å². The highest BCUT2D eigenvalue weighted by Crippen LogP contribution is 2.21. The summed E-state index contributed by atoms with van der Waals surface area (Å²) >= 11 is 5.23. The quantitative estimate of drug-likeness (QED) is 0.666. The number of thiazole rings is 1. The molecule has 0 amide bonds. The minimum absolute atomic E-state index is 0.788.